The summed E-state index contributed by atoms with van der Waals surface area (Å²) in [5.74, 6) is 0. The summed E-state index contributed by atoms with van der Waals surface area (Å²) >= 11 is 0. The molecule has 3 heteroatoms. The van der Waals surface area contributed by atoms with Crippen molar-refractivity contribution in [3.63, 3.8) is 0 Å². The van der Waals surface area contributed by atoms with Gasteiger partial charge in [-0.1, -0.05) is 104 Å². The van der Waals surface area contributed by atoms with Gasteiger partial charge in [0.1, 0.15) is 0 Å². The number of benzene rings is 5. The van der Waals surface area contributed by atoms with Crippen molar-refractivity contribution >= 4 is 44.0 Å². The van der Waals surface area contributed by atoms with Gasteiger partial charge < -0.3 is 14.5 Å². The van der Waals surface area contributed by atoms with E-state index in [-0.39, 0.29) is 0 Å². The smallest absolute Gasteiger partial charge is 0.0641 e. The lowest BCUT2D eigenvalue weighted by Crippen LogP contribution is -2.02. The van der Waals surface area contributed by atoms with Gasteiger partial charge in [-0.05, 0) is 72.0 Å². The highest BCUT2D eigenvalue weighted by Gasteiger charge is 2.26. The van der Waals surface area contributed by atoms with Crippen LogP contribution in [0.3, 0.4) is 0 Å². The van der Waals surface area contributed by atoms with Crippen LogP contribution in [0, 0.1) is 0 Å². The Kier molecular flexibility index (Phi) is 6.31. The zero-order valence-electron chi connectivity index (χ0n) is 24.8. The third-order valence-electron chi connectivity index (χ3n) is 8.87. The largest absolute Gasteiger partial charge is 0.388 e. The number of nitrogens with one attached hydrogen (secondary N) is 1. The van der Waals surface area contributed by atoms with E-state index in [4.69, 9.17) is 0 Å². The van der Waals surface area contributed by atoms with E-state index in [0.717, 1.165) is 35.5 Å². The molecular weight excluding hydrogens is 534 g/mol. The lowest BCUT2D eigenvalue weighted by atomic mass is 9.94. The predicted octanol–water partition coefficient (Wildman–Crippen LogP) is 10.3. The van der Waals surface area contributed by atoms with Gasteiger partial charge in [0.25, 0.3) is 0 Å². The Hall–Kier alpha value is -5.54. The van der Waals surface area contributed by atoms with Gasteiger partial charge in [0.15, 0.2) is 0 Å². The number of aromatic nitrogens is 2. The molecule has 0 spiro atoms. The Balaban J connectivity index is 1.63. The average Bonchev–Trinajstić information content (AvgIpc) is 3.62. The monoisotopic (exact) mass is 567 g/mol. The summed E-state index contributed by atoms with van der Waals surface area (Å²) in [6.45, 7) is 4.27. The maximum Gasteiger partial charge on any atom is 0.0641 e. The van der Waals surface area contributed by atoms with Crippen LogP contribution in [0.1, 0.15) is 24.1 Å². The Labute approximate surface area is 257 Å². The summed E-state index contributed by atoms with van der Waals surface area (Å²) in [6, 6.07) is 43.8. The van der Waals surface area contributed by atoms with E-state index in [0.29, 0.717) is 0 Å². The SMILES string of the molecule is C=C(NC)c1ccc2c(c1)c1ccc3c(c(-c4ccccc4)c(C4=CCCC=C4)n3-c3ccccc3)c1n2-c1ccccc1. The Morgan fingerprint density at radius 2 is 1.34 bits per heavy atom. The van der Waals surface area contributed by atoms with E-state index in [9.17, 15) is 0 Å². The lowest BCUT2D eigenvalue weighted by molar-refractivity contribution is 1.03. The molecule has 5 aromatic carbocycles. The molecule has 0 amide bonds. The third-order valence-corrected chi connectivity index (χ3v) is 8.87. The van der Waals surface area contributed by atoms with E-state index >= 15 is 0 Å². The quantitative estimate of drug-likeness (QED) is 0.212. The predicted molar refractivity (Wildman–Crippen MR) is 187 cm³/mol. The molecule has 8 rings (SSSR count). The van der Waals surface area contributed by atoms with Crippen molar-refractivity contribution in [2.45, 2.75) is 12.8 Å². The van der Waals surface area contributed by atoms with Gasteiger partial charge in [0.2, 0.25) is 0 Å². The van der Waals surface area contributed by atoms with Gasteiger partial charge in [-0.15, -0.1) is 0 Å². The van der Waals surface area contributed by atoms with E-state index in [1.54, 1.807) is 0 Å². The normalized spacial score (nSPS) is 13.1. The zero-order chi connectivity index (χ0) is 29.6. The molecule has 3 nitrogen and oxygen atoms in total. The van der Waals surface area contributed by atoms with Crippen molar-refractivity contribution in [2.75, 3.05) is 7.05 Å². The van der Waals surface area contributed by atoms with E-state index < -0.39 is 0 Å². The molecular formula is C41H33N3. The number of nitrogens with zero attached hydrogens (tertiary/aromatic N) is 2. The topological polar surface area (TPSA) is 21.9 Å². The molecule has 2 heterocycles. The van der Waals surface area contributed by atoms with Crippen LogP contribution in [0.15, 0.2) is 146 Å². The highest BCUT2D eigenvalue weighted by molar-refractivity contribution is 6.23. The Morgan fingerprint density at radius 3 is 2.00 bits per heavy atom. The molecule has 1 aliphatic carbocycles. The van der Waals surface area contributed by atoms with Crippen LogP contribution < -0.4 is 5.32 Å². The first-order valence-electron chi connectivity index (χ1n) is 15.3. The molecule has 7 aromatic rings. The number of fused-ring (bicyclic) bond motifs is 5. The van der Waals surface area contributed by atoms with Gasteiger partial charge in [-0.2, -0.15) is 0 Å². The van der Waals surface area contributed by atoms with Gasteiger partial charge in [-0.3, -0.25) is 0 Å². The van der Waals surface area contributed by atoms with E-state index in [1.165, 1.54) is 55.1 Å². The van der Waals surface area contributed by atoms with Gasteiger partial charge in [0, 0.05) is 45.8 Å². The number of allylic oxidation sites excluding steroid dienone is 4. The first kappa shape index (κ1) is 26.1. The fourth-order valence-corrected chi connectivity index (χ4v) is 6.85. The minimum absolute atomic E-state index is 0.909. The number of hydrogen-bond acceptors (Lipinski definition) is 1. The van der Waals surface area contributed by atoms with Crippen molar-refractivity contribution in [3.8, 4) is 22.5 Å². The standard InChI is InChI=1S/C41H33N3/c1-28(42-2)31-23-25-36-35(27-31)34-24-26-37-39(41(34)43(36)32-19-11-5-12-20-32)38(29-15-7-3-8-16-29)40(30-17-9-4-10-18-30)44(37)33-21-13-6-14-22-33/h3,5-9,11-27,42H,1,4,10H2,2H3. The maximum absolute atomic E-state index is 4.27. The molecule has 0 atom stereocenters. The minimum atomic E-state index is 0.909. The molecule has 0 saturated carbocycles. The van der Waals surface area contributed by atoms with Crippen LogP contribution in [0.25, 0.3) is 66.5 Å². The van der Waals surface area contributed by atoms with Crippen molar-refractivity contribution in [1.29, 1.82) is 0 Å². The summed E-state index contributed by atoms with van der Waals surface area (Å²) in [7, 11) is 1.93. The summed E-state index contributed by atoms with van der Waals surface area (Å²) in [5, 5.41) is 6.93. The first-order valence-corrected chi connectivity index (χ1v) is 15.3. The van der Waals surface area contributed by atoms with Crippen molar-refractivity contribution < 1.29 is 0 Å². The Morgan fingerprint density at radius 1 is 0.682 bits per heavy atom. The van der Waals surface area contributed by atoms with Crippen LogP contribution in [-0.4, -0.2) is 16.2 Å². The minimum Gasteiger partial charge on any atom is -0.388 e. The highest BCUT2D eigenvalue weighted by atomic mass is 15.0. The number of hydrogen-bond donors (Lipinski definition) is 1. The second-order valence-electron chi connectivity index (χ2n) is 11.4. The molecule has 1 aliphatic rings. The van der Waals surface area contributed by atoms with Crippen LogP contribution in [0.5, 0.6) is 0 Å². The van der Waals surface area contributed by atoms with Crippen LogP contribution in [0.4, 0.5) is 0 Å². The van der Waals surface area contributed by atoms with E-state index in [1.807, 2.05) is 7.05 Å². The highest BCUT2D eigenvalue weighted by Crippen LogP contribution is 2.47. The van der Waals surface area contributed by atoms with Crippen LogP contribution in [-0.2, 0) is 0 Å². The number of para-hydroxylation sites is 2. The fraction of sp³-hybridized carbons (Fsp3) is 0.0732. The van der Waals surface area contributed by atoms with Crippen molar-refractivity contribution in [2.24, 2.45) is 0 Å². The van der Waals surface area contributed by atoms with E-state index in [2.05, 4.69) is 161 Å². The average molecular weight is 568 g/mol. The second-order valence-corrected chi connectivity index (χ2v) is 11.4. The summed E-state index contributed by atoms with van der Waals surface area (Å²) in [6.07, 6.45) is 9.13. The molecule has 0 saturated heterocycles. The zero-order valence-corrected chi connectivity index (χ0v) is 24.8. The molecule has 1 N–H and O–H groups in total. The van der Waals surface area contributed by atoms with Crippen molar-refractivity contribution in [3.05, 3.63) is 157 Å². The van der Waals surface area contributed by atoms with Crippen molar-refractivity contribution in [1.82, 2.24) is 14.5 Å². The molecule has 0 bridgehead atoms. The van der Waals surface area contributed by atoms with Gasteiger partial charge in [0.05, 0.1) is 22.2 Å². The molecule has 0 aliphatic heterocycles. The Bertz CT molecular complexity index is 2250. The van der Waals surface area contributed by atoms with Gasteiger partial charge in [-0.25, -0.2) is 0 Å². The molecule has 2 aromatic heterocycles. The fourth-order valence-electron chi connectivity index (χ4n) is 6.85. The summed E-state index contributed by atoms with van der Waals surface area (Å²) < 4.78 is 4.93. The second kappa shape index (κ2) is 10.6. The molecule has 0 fully saturated rings. The summed E-state index contributed by atoms with van der Waals surface area (Å²) in [5.41, 5.74) is 12.8. The lowest BCUT2D eigenvalue weighted by Gasteiger charge is -2.15. The first-order chi connectivity index (χ1) is 21.7. The third kappa shape index (κ3) is 4.05. The molecule has 0 unspecified atom stereocenters. The summed E-state index contributed by atoms with van der Waals surface area (Å²) in [4.78, 5) is 0. The molecule has 44 heavy (non-hydrogen) atoms. The number of rotatable bonds is 6. The molecule has 0 radical (unpaired) electrons. The van der Waals surface area contributed by atoms with Crippen LogP contribution in [0.2, 0.25) is 0 Å². The maximum atomic E-state index is 4.27. The molecule has 212 valence electrons. The van der Waals surface area contributed by atoms with Crippen LogP contribution >= 0.6 is 0 Å². The van der Waals surface area contributed by atoms with Gasteiger partial charge >= 0.3 is 0 Å².